The summed E-state index contributed by atoms with van der Waals surface area (Å²) in [5, 5.41) is 6.57. The van der Waals surface area contributed by atoms with Gasteiger partial charge in [0.2, 0.25) is 0 Å². The van der Waals surface area contributed by atoms with Crippen LogP contribution in [-0.4, -0.2) is 58.2 Å². The summed E-state index contributed by atoms with van der Waals surface area (Å²) in [5.74, 6) is 2.64. The molecular weight excluding hydrogens is 523 g/mol. The lowest BCUT2D eigenvalue weighted by atomic mass is 10.2. The van der Waals surface area contributed by atoms with E-state index in [1.54, 1.807) is 28.3 Å². The van der Waals surface area contributed by atoms with Crippen LogP contribution >= 0.6 is 24.0 Å². The molecule has 0 saturated carbocycles. The number of amides is 1. The molecule has 176 valence electrons. The van der Waals surface area contributed by atoms with E-state index in [9.17, 15) is 4.79 Å². The maximum Gasteiger partial charge on any atom is 0.259 e. The first-order valence-electron chi connectivity index (χ1n) is 10.1. The van der Waals surface area contributed by atoms with Crippen LogP contribution in [0.4, 0.5) is 0 Å². The summed E-state index contributed by atoms with van der Waals surface area (Å²) in [4.78, 5) is 17.8. The molecule has 2 rings (SSSR count). The van der Waals surface area contributed by atoms with Gasteiger partial charge in [-0.3, -0.25) is 4.79 Å². The molecule has 2 aromatic carbocycles. The van der Waals surface area contributed by atoms with Crippen LogP contribution in [0.2, 0.25) is 0 Å². The highest BCUT2D eigenvalue weighted by atomic mass is 127. The first-order valence-corrected chi connectivity index (χ1v) is 10.1. The molecule has 2 aromatic rings. The normalized spacial score (nSPS) is 10.6. The fourth-order valence-corrected chi connectivity index (χ4v) is 2.70. The van der Waals surface area contributed by atoms with E-state index in [0.29, 0.717) is 36.3 Å². The largest absolute Gasteiger partial charge is 0.493 e. The maximum atomic E-state index is 11.7. The molecule has 0 heterocycles. The van der Waals surface area contributed by atoms with Gasteiger partial charge in [0, 0.05) is 27.2 Å². The average Bonchev–Trinajstić information content (AvgIpc) is 2.79. The lowest BCUT2D eigenvalue weighted by Crippen LogP contribution is -2.36. The number of benzene rings is 2. The third-order valence-electron chi connectivity index (χ3n) is 4.43. The van der Waals surface area contributed by atoms with Gasteiger partial charge in [-0.15, -0.1) is 24.0 Å². The van der Waals surface area contributed by atoms with E-state index in [1.807, 2.05) is 49.4 Å². The molecule has 0 aliphatic carbocycles. The molecule has 9 heteroatoms. The summed E-state index contributed by atoms with van der Waals surface area (Å²) in [7, 11) is 6.64. The van der Waals surface area contributed by atoms with Crippen LogP contribution in [0.3, 0.4) is 0 Å². The van der Waals surface area contributed by atoms with Crippen molar-refractivity contribution in [3.63, 3.8) is 0 Å². The van der Waals surface area contributed by atoms with Crippen molar-refractivity contribution in [2.45, 2.75) is 20.0 Å². The van der Waals surface area contributed by atoms with E-state index in [-0.39, 0.29) is 36.5 Å². The van der Waals surface area contributed by atoms with Gasteiger partial charge in [0.1, 0.15) is 5.75 Å². The van der Waals surface area contributed by atoms with Gasteiger partial charge in [-0.2, -0.15) is 0 Å². The van der Waals surface area contributed by atoms with E-state index < -0.39 is 0 Å². The third-order valence-corrected chi connectivity index (χ3v) is 4.43. The molecule has 0 aromatic heterocycles. The van der Waals surface area contributed by atoms with Crippen molar-refractivity contribution in [1.82, 2.24) is 15.5 Å². The molecular formula is C23H33IN4O4. The molecule has 32 heavy (non-hydrogen) atoms. The number of guanidine groups is 1. The van der Waals surface area contributed by atoms with Crippen LogP contribution in [0, 0.1) is 0 Å². The van der Waals surface area contributed by atoms with Crippen molar-refractivity contribution >= 4 is 35.8 Å². The summed E-state index contributed by atoms with van der Waals surface area (Å²) in [5.41, 5.74) is 2.03. The first-order chi connectivity index (χ1) is 15.0. The minimum Gasteiger partial charge on any atom is -0.493 e. The van der Waals surface area contributed by atoms with Gasteiger partial charge < -0.3 is 29.7 Å². The van der Waals surface area contributed by atoms with Crippen molar-refractivity contribution in [3.05, 3.63) is 53.6 Å². The molecule has 0 spiro atoms. The Morgan fingerprint density at radius 2 is 1.75 bits per heavy atom. The molecule has 1 amide bonds. The Morgan fingerprint density at radius 3 is 2.41 bits per heavy atom. The second-order valence-electron chi connectivity index (χ2n) is 6.96. The van der Waals surface area contributed by atoms with E-state index in [1.165, 1.54) is 4.90 Å². The Bertz CT molecular complexity index is 890. The van der Waals surface area contributed by atoms with Crippen molar-refractivity contribution in [2.24, 2.45) is 4.99 Å². The molecule has 0 saturated heterocycles. The maximum absolute atomic E-state index is 11.7. The predicted molar refractivity (Wildman–Crippen MR) is 137 cm³/mol. The number of carbonyl (C=O) groups excluding carboxylic acids is 1. The SMILES string of the molecule is CCNC(=NCc1cccc(OCC(=O)N(C)C)c1)NCc1ccc(OC)c(OC)c1.I. The molecule has 0 aliphatic heterocycles. The number of hydrogen-bond acceptors (Lipinski definition) is 5. The highest BCUT2D eigenvalue weighted by Gasteiger charge is 2.07. The zero-order valence-electron chi connectivity index (χ0n) is 19.3. The summed E-state index contributed by atoms with van der Waals surface area (Å²) in [6.07, 6.45) is 0. The van der Waals surface area contributed by atoms with Crippen molar-refractivity contribution in [3.8, 4) is 17.2 Å². The fraction of sp³-hybridized carbons (Fsp3) is 0.391. The Kier molecular flexibility index (Phi) is 12.3. The van der Waals surface area contributed by atoms with Gasteiger partial charge in [-0.1, -0.05) is 18.2 Å². The number of rotatable bonds is 10. The number of methoxy groups -OCH3 is 2. The predicted octanol–water partition coefficient (Wildman–Crippen LogP) is 3.04. The highest BCUT2D eigenvalue weighted by molar-refractivity contribution is 14.0. The molecule has 2 N–H and O–H groups in total. The fourth-order valence-electron chi connectivity index (χ4n) is 2.70. The van der Waals surface area contributed by atoms with E-state index >= 15 is 0 Å². The molecule has 0 radical (unpaired) electrons. The van der Waals surface area contributed by atoms with Gasteiger partial charge >= 0.3 is 0 Å². The first kappa shape index (κ1) is 27.3. The Balaban J connectivity index is 0.00000512. The van der Waals surface area contributed by atoms with E-state index in [0.717, 1.165) is 17.7 Å². The molecule has 0 aliphatic rings. The van der Waals surface area contributed by atoms with Crippen LogP contribution in [0.15, 0.2) is 47.5 Å². The van der Waals surface area contributed by atoms with Crippen molar-refractivity contribution in [1.29, 1.82) is 0 Å². The number of aliphatic imine (C=N–C) groups is 1. The smallest absolute Gasteiger partial charge is 0.259 e. The molecule has 0 fully saturated rings. The second kappa shape index (κ2) is 14.4. The number of likely N-dealkylation sites (N-methyl/N-ethyl adjacent to an activating group) is 1. The molecule has 0 unspecified atom stereocenters. The Morgan fingerprint density at radius 1 is 1.00 bits per heavy atom. The number of ether oxygens (including phenoxy) is 3. The van der Waals surface area contributed by atoms with Crippen molar-refractivity contribution < 1.29 is 19.0 Å². The average molecular weight is 556 g/mol. The number of hydrogen-bond donors (Lipinski definition) is 2. The number of nitrogens with zero attached hydrogens (tertiary/aromatic N) is 2. The third kappa shape index (κ3) is 8.81. The quantitative estimate of drug-likeness (QED) is 0.266. The standard InChI is InChI=1S/C23H32N4O4.HI/c1-6-24-23(26-15-18-10-11-20(29-4)21(13-18)30-5)25-14-17-8-7-9-19(12-17)31-16-22(28)27(2)3;/h7-13H,6,14-16H2,1-5H3,(H2,24,25,26);1H. The minimum absolute atomic E-state index is 0. The van der Waals surface area contributed by atoms with Crippen LogP contribution in [0.25, 0.3) is 0 Å². The number of halogens is 1. The Hall–Kier alpha value is -2.69. The van der Waals surface area contributed by atoms with Gasteiger partial charge in [0.05, 0.1) is 20.8 Å². The van der Waals surface area contributed by atoms with Crippen LogP contribution < -0.4 is 24.8 Å². The summed E-state index contributed by atoms with van der Waals surface area (Å²) < 4.78 is 16.2. The topological polar surface area (TPSA) is 84.4 Å². The lowest BCUT2D eigenvalue weighted by Gasteiger charge is -2.14. The summed E-state index contributed by atoms with van der Waals surface area (Å²) in [6.45, 7) is 3.83. The highest BCUT2D eigenvalue weighted by Crippen LogP contribution is 2.27. The summed E-state index contributed by atoms with van der Waals surface area (Å²) >= 11 is 0. The van der Waals surface area contributed by atoms with Gasteiger partial charge in [-0.25, -0.2) is 4.99 Å². The van der Waals surface area contributed by atoms with E-state index in [2.05, 4.69) is 15.6 Å². The second-order valence-corrected chi connectivity index (χ2v) is 6.96. The zero-order valence-corrected chi connectivity index (χ0v) is 21.6. The van der Waals surface area contributed by atoms with Crippen molar-refractivity contribution in [2.75, 3.05) is 41.5 Å². The molecule has 8 nitrogen and oxygen atoms in total. The summed E-state index contributed by atoms with van der Waals surface area (Å²) in [6, 6.07) is 13.4. The number of carbonyl (C=O) groups is 1. The molecule has 0 bridgehead atoms. The van der Waals surface area contributed by atoms with Gasteiger partial charge in [-0.05, 0) is 42.3 Å². The minimum atomic E-state index is -0.0859. The monoisotopic (exact) mass is 556 g/mol. The van der Waals surface area contributed by atoms with Gasteiger partial charge in [0.25, 0.3) is 5.91 Å². The van der Waals surface area contributed by atoms with Crippen LogP contribution in [0.1, 0.15) is 18.1 Å². The lowest BCUT2D eigenvalue weighted by molar-refractivity contribution is -0.130. The van der Waals surface area contributed by atoms with Gasteiger partial charge in [0.15, 0.2) is 24.1 Å². The van der Waals surface area contributed by atoms with Crippen LogP contribution in [-0.2, 0) is 17.9 Å². The molecule has 0 atom stereocenters. The van der Waals surface area contributed by atoms with Crippen LogP contribution in [0.5, 0.6) is 17.2 Å². The zero-order chi connectivity index (χ0) is 22.6. The number of nitrogens with one attached hydrogen (secondary N) is 2. The van der Waals surface area contributed by atoms with E-state index in [4.69, 9.17) is 14.2 Å². The Labute approximate surface area is 207 Å².